The molecule has 192 valence electrons. The average Bonchev–Trinajstić information content (AvgIpc) is 2.94. The van der Waals surface area contributed by atoms with Crippen LogP contribution in [0.1, 0.15) is 31.8 Å². The predicted molar refractivity (Wildman–Crippen MR) is 146 cm³/mol. The number of ether oxygens (including phenoxy) is 1. The maximum atomic E-state index is 13.6. The van der Waals surface area contributed by atoms with Gasteiger partial charge in [-0.15, -0.1) is 0 Å². The van der Waals surface area contributed by atoms with Crippen LogP contribution in [0.2, 0.25) is 0 Å². The summed E-state index contributed by atoms with van der Waals surface area (Å²) in [5.41, 5.74) is 5.35. The number of nitrogens with one attached hydrogen (secondary N) is 1. The third-order valence-electron chi connectivity index (χ3n) is 7.02. The van der Waals surface area contributed by atoms with Crippen LogP contribution in [-0.2, 0) is 11.3 Å². The van der Waals surface area contributed by atoms with Crippen LogP contribution in [-0.4, -0.2) is 74.1 Å². The zero-order chi connectivity index (χ0) is 25.6. The van der Waals surface area contributed by atoms with Crippen molar-refractivity contribution in [1.29, 1.82) is 0 Å². The molecule has 2 saturated heterocycles. The Labute approximate surface area is 218 Å². The first-order chi connectivity index (χ1) is 18.1. The molecule has 0 spiro atoms. The maximum Gasteiger partial charge on any atom is 0.256 e. The highest BCUT2D eigenvalue weighted by atomic mass is 16.5. The third kappa shape index (κ3) is 6.18. The van der Waals surface area contributed by atoms with Crippen molar-refractivity contribution < 1.29 is 14.3 Å². The zero-order valence-corrected chi connectivity index (χ0v) is 21.4. The van der Waals surface area contributed by atoms with Crippen molar-refractivity contribution >= 4 is 23.2 Å². The fraction of sp³-hybridized carbons (Fsp3) is 0.333. The number of hydrogen-bond donors (Lipinski definition) is 1. The monoisotopic (exact) mass is 498 g/mol. The number of piperazine rings is 1. The Morgan fingerprint density at radius 1 is 0.838 bits per heavy atom. The molecule has 7 heteroatoms. The standard InChI is InChI=1S/C30H34N4O3/c1-23-6-5-7-24(20-23)22-32-12-14-33(15-13-32)28-11-10-26(31-29(35)25-8-3-2-4-9-25)21-27(28)30(36)34-16-18-37-19-17-34/h2-11,20-21H,12-19,22H2,1H3,(H,31,35). The highest BCUT2D eigenvalue weighted by Gasteiger charge is 2.26. The van der Waals surface area contributed by atoms with Crippen molar-refractivity contribution in [3.05, 3.63) is 95.1 Å². The number of hydrogen-bond acceptors (Lipinski definition) is 5. The van der Waals surface area contributed by atoms with Gasteiger partial charge in [0.25, 0.3) is 11.8 Å². The van der Waals surface area contributed by atoms with Crippen molar-refractivity contribution in [3.8, 4) is 0 Å². The second kappa shape index (κ2) is 11.6. The summed E-state index contributed by atoms with van der Waals surface area (Å²) in [6.07, 6.45) is 0. The van der Waals surface area contributed by atoms with E-state index in [0.717, 1.165) is 38.4 Å². The van der Waals surface area contributed by atoms with Gasteiger partial charge in [-0.25, -0.2) is 0 Å². The van der Waals surface area contributed by atoms with Crippen molar-refractivity contribution in [2.45, 2.75) is 13.5 Å². The Kier molecular flexibility index (Phi) is 7.82. The van der Waals surface area contributed by atoms with E-state index in [9.17, 15) is 9.59 Å². The van der Waals surface area contributed by atoms with Crippen LogP contribution < -0.4 is 10.2 Å². The van der Waals surface area contributed by atoms with Gasteiger partial charge in [0.1, 0.15) is 0 Å². The Balaban J connectivity index is 1.33. The van der Waals surface area contributed by atoms with Crippen molar-refractivity contribution in [1.82, 2.24) is 9.80 Å². The van der Waals surface area contributed by atoms with Gasteiger partial charge in [-0.1, -0.05) is 48.0 Å². The molecular formula is C30H34N4O3. The van der Waals surface area contributed by atoms with E-state index in [4.69, 9.17) is 4.74 Å². The van der Waals surface area contributed by atoms with Crippen LogP contribution in [0.5, 0.6) is 0 Å². The minimum atomic E-state index is -0.192. The molecule has 5 rings (SSSR count). The molecule has 2 fully saturated rings. The van der Waals surface area contributed by atoms with Gasteiger partial charge in [-0.05, 0) is 42.8 Å². The van der Waals surface area contributed by atoms with E-state index in [-0.39, 0.29) is 11.8 Å². The Morgan fingerprint density at radius 2 is 1.59 bits per heavy atom. The molecule has 37 heavy (non-hydrogen) atoms. The zero-order valence-electron chi connectivity index (χ0n) is 21.4. The topological polar surface area (TPSA) is 65.1 Å². The van der Waals surface area contributed by atoms with E-state index < -0.39 is 0 Å². The normalized spacial score (nSPS) is 16.5. The molecule has 0 aliphatic carbocycles. The Morgan fingerprint density at radius 3 is 2.32 bits per heavy atom. The molecule has 1 N–H and O–H groups in total. The van der Waals surface area contributed by atoms with E-state index in [1.165, 1.54) is 11.1 Å². The number of carbonyl (C=O) groups excluding carboxylic acids is 2. The van der Waals surface area contributed by atoms with Gasteiger partial charge >= 0.3 is 0 Å². The van der Waals surface area contributed by atoms with Crippen LogP contribution in [0.4, 0.5) is 11.4 Å². The van der Waals surface area contributed by atoms with Gasteiger partial charge in [-0.2, -0.15) is 0 Å². The molecule has 2 heterocycles. The quantitative estimate of drug-likeness (QED) is 0.556. The lowest BCUT2D eigenvalue weighted by Crippen LogP contribution is -2.47. The summed E-state index contributed by atoms with van der Waals surface area (Å²) in [5, 5.41) is 2.96. The van der Waals surface area contributed by atoms with Crippen molar-refractivity contribution in [2.75, 3.05) is 62.7 Å². The van der Waals surface area contributed by atoms with Crippen molar-refractivity contribution in [2.24, 2.45) is 0 Å². The summed E-state index contributed by atoms with van der Waals surface area (Å²) in [4.78, 5) is 33.0. The summed E-state index contributed by atoms with van der Waals surface area (Å²) in [6.45, 7) is 8.81. The van der Waals surface area contributed by atoms with E-state index in [1.807, 2.05) is 41.3 Å². The van der Waals surface area contributed by atoms with E-state index in [2.05, 4.69) is 46.3 Å². The molecule has 2 aliphatic rings. The van der Waals surface area contributed by atoms with Crippen LogP contribution in [0, 0.1) is 6.92 Å². The largest absolute Gasteiger partial charge is 0.378 e. The summed E-state index contributed by atoms with van der Waals surface area (Å²) in [6, 6.07) is 23.5. The van der Waals surface area contributed by atoms with Crippen LogP contribution in [0.25, 0.3) is 0 Å². The molecule has 2 aliphatic heterocycles. The molecule has 0 radical (unpaired) electrons. The molecule has 3 aromatic carbocycles. The first-order valence-corrected chi connectivity index (χ1v) is 13.0. The lowest BCUT2D eigenvalue weighted by atomic mass is 10.1. The molecule has 0 saturated carbocycles. The molecule has 0 unspecified atom stereocenters. The first kappa shape index (κ1) is 25.0. The molecular weight excluding hydrogens is 464 g/mol. The summed E-state index contributed by atoms with van der Waals surface area (Å²) in [7, 11) is 0. The maximum absolute atomic E-state index is 13.6. The van der Waals surface area contributed by atoms with Crippen LogP contribution in [0.15, 0.2) is 72.8 Å². The van der Waals surface area contributed by atoms with Gasteiger partial charge in [-0.3, -0.25) is 14.5 Å². The fourth-order valence-corrected chi connectivity index (χ4v) is 5.01. The molecule has 0 bridgehead atoms. The molecule has 3 aromatic rings. The molecule has 0 atom stereocenters. The third-order valence-corrected chi connectivity index (χ3v) is 7.02. The van der Waals surface area contributed by atoms with Crippen molar-refractivity contribution in [3.63, 3.8) is 0 Å². The number of aryl methyl sites for hydroxylation is 1. The van der Waals surface area contributed by atoms with Crippen LogP contribution in [0.3, 0.4) is 0 Å². The smallest absolute Gasteiger partial charge is 0.256 e. The summed E-state index contributed by atoms with van der Waals surface area (Å²) in [5.74, 6) is -0.209. The predicted octanol–water partition coefficient (Wildman–Crippen LogP) is 4.04. The minimum absolute atomic E-state index is 0.0173. The summed E-state index contributed by atoms with van der Waals surface area (Å²) >= 11 is 0. The van der Waals surface area contributed by atoms with E-state index >= 15 is 0 Å². The number of rotatable bonds is 6. The van der Waals surface area contributed by atoms with E-state index in [0.29, 0.717) is 43.1 Å². The Bertz CT molecular complexity index is 1230. The molecule has 7 nitrogen and oxygen atoms in total. The number of anilines is 2. The number of benzene rings is 3. The SMILES string of the molecule is Cc1cccc(CN2CCN(c3ccc(NC(=O)c4ccccc4)cc3C(=O)N3CCOCC3)CC2)c1. The lowest BCUT2D eigenvalue weighted by molar-refractivity contribution is 0.0303. The van der Waals surface area contributed by atoms with Gasteiger partial charge in [0, 0.05) is 62.8 Å². The second-order valence-corrected chi connectivity index (χ2v) is 9.71. The lowest BCUT2D eigenvalue weighted by Gasteiger charge is -2.37. The highest BCUT2D eigenvalue weighted by molar-refractivity contribution is 6.06. The van der Waals surface area contributed by atoms with Gasteiger partial charge < -0.3 is 19.9 Å². The number of nitrogens with zero attached hydrogens (tertiary/aromatic N) is 3. The van der Waals surface area contributed by atoms with Gasteiger partial charge in [0.05, 0.1) is 18.8 Å². The number of amides is 2. The first-order valence-electron chi connectivity index (χ1n) is 13.0. The Hall–Kier alpha value is -3.68. The minimum Gasteiger partial charge on any atom is -0.378 e. The number of carbonyl (C=O) groups is 2. The van der Waals surface area contributed by atoms with E-state index in [1.54, 1.807) is 12.1 Å². The number of morpholine rings is 1. The summed E-state index contributed by atoms with van der Waals surface area (Å²) < 4.78 is 5.46. The molecule has 2 amide bonds. The fourth-order valence-electron chi connectivity index (χ4n) is 5.01. The molecule has 0 aromatic heterocycles. The van der Waals surface area contributed by atoms with Crippen LogP contribution >= 0.6 is 0 Å². The van der Waals surface area contributed by atoms with Gasteiger partial charge in [0.15, 0.2) is 0 Å². The second-order valence-electron chi connectivity index (χ2n) is 9.71. The average molecular weight is 499 g/mol. The highest BCUT2D eigenvalue weighted by Crippen LogP contribution is 2.28. The van der Waals surface area contributed by atoms with Gasteiger partial charge in [0.2, 0.25) is 0 Å².